The van der Waals surface area contributed by atoms with Crippen molar-refractivity contribution in [2.24, 2.45) is 0 Å². The van der Waals surface area contributed by atoms with Gasteiger partial charge in [-0.05, 0) is 55.3 Å². The lowest BCUT2D eigenvalue weighted by atomic mass is 10.1. The molecule has 1 unspecified atom stereocenters. The van der Waals surface area contributed by atoms with Gasteiger partial charge in [0.15, 0.2) is 0 Å². The van der Waals surface area contributed by atoms with E-state index in [9.17, 15) is 9.59 Å². The number of pyridine rings is 1. The average Bonchev–Trinajstić information content (AvgIpc) is 2.70. The molecule has 0 spiro atoms. The summed E-state index contributed by atoms with van der Waals surface area (Å²) in [7, 11) is 0. The summed E-state index contributed by atoms with van der Waals surface area (Å²) in [5, 5.41) is 6.32. The molecule has 0 aliphatic rings. The Balaban J connectivity index is 1.72. The molecule has 1 atom stereocenters. The van der Waals surface area contributed by atoms with Crippen LogP contribution >= 0.6 is 11.6 Å². The first-order chi connectivity index (χ1) is 13.4. The van der Waals surface area contributed by atoms with E-state index in [1.165, 1.54) is 12.3 Å². The highest BCUT2D eigenvalue weighted by atomic mass is 35.5. The molecular formula is C22H20ClN3O2. The molecule has 0 aliphatic heterocycles. The number of halogens is 1. The van der Waals surface area contributed by atoms with Gasteiger partial charge >= 0.3 is 0 Å². The van der Waals surface area contributed by atoms with Crippen LogP contribution in [0.1, 0.15) is 44.9 Å². The van der Waals surface area contributed by atoms with E-state index in [1.807, 2.05) is 44.2 Å². The lowest BCUT2D eigenvalue weighted by Crippen LogP contribution is -2.27. The molecular weight excluding hydrogens is 374 g/mol. The third kappa shape index (κ3) is 4.75. The lowest BCUT2D eigenvalue weighted by molar-refractivity contribution is 0.0939. The normalized spacial score (nSPS) is 11.5. The maximum Gasteiger partial charge on any atom is 0.274 e. The monoisotopic (exact) mass is 393 g/mol. The fourth-order valence-corrected chi connectivity index (χ4v) is 2.98. The zero-order valence-electron chi connectivity index (χ0n) is 15.6. The third-order valence-corrected chi connectivity index (χ3v) is 4.57. The van der Waals surface area contributed by atoms with Gasteiger partial charge in [0.05, 0.1) is 6.04 Å². The molecule has 3 aromatic rings. The average molecular weight is 394 g/mol. The largest absolute Gasteiger partial charge is 0.346 e. The van der Waals surface area contributed by atoms with E-state index in [0.29, 0.717) is 16.3 Å². The van der Waals surface area contributed by atoms with Gasteiger partial charge < -0.3 is 10.6 Å². The zero-order valence-corrected chi connectivity index (χ0v) is 16.3. The number of carbonyl (C=O) groups is 2. The van der Waals surface area contributed by atoms with E-state index in [-0.39, 0.29) is 17.6 Å². The van der Waals surface area contributed by atoms with Crippen molar-refractivity contribution >= 4 is 29.1 Å². The van der Waals surface area contributed by atoms with Gasteiger partial charge in [-0.1, -0.05) is 41.9 Å². The molecule has 0 fully saturated rings. The molecule has 0 radical (unpaired) electrons. The van der Waals surface area contributed by atoms with Gasteiger partial charge in [-0.25, -0.2) is 0 Å². The fourth-order valence-electron chi connectivity index (χ4n) is 2.75. The van der Waals surface area contributed by atoms with Gasteiger partial charge in [0.1, 0.15) is 5.69 Å². The second-order valence-electron chi connectivity index (χ2n) is 6.45. The van der Waals surface area contributed by atoms with Crippen molar-refractivity contribution in [3.8, 4) is 0 Å². The van der Waals surface area contributed by atoms with Crippen molar-refractivity contribution in [2.45, 2.75) is 19.9 Å². The summed E-state index contributed by atoms with van der Waals surface area (Å²) in [4.78, 5) is 29.2. The maximum atomic E-state index is 12.6. The molecule has 1 heterocycles. The van der Waals surface area contributed by atoms with E-state index in [4.69, 9.17) is 11.6 Å². The molecule has 6 heteroatoms. The van der Waals surface area contributed by atoms with Crippen molar-refractivity contribution in [1.82, 2.24) is 10.3 Å². The number of benzene rings is 2. The zero-order chi connectivity index (χ0) is 20.1. The summed E-state index contributed by atoms with van der Waals surface area (Å²) in [5.41, 5.74) is 3.02. The molecule has 2 amide bonds. The van der Waals surface area contributed by atoms with Crippen LogP contribution < -0.4 is 10.6 Å². The van der Waals surface area contributed by atoms with Crippen molar-refractivity contribution in [2.75, 3.05) is 5.32 Å². The lowest BCUT2D eigenvalue weighted by Gasteiger charge is -2.14. The third-order valence-electron chi connectivity index (χ3n) is 4.34. The van der Waals surface area contributed by atoms with Gasteiger partial charge in [0, 0.05) is 22.5 Å². The molecule has 3 rings (SSSR count). The van der Waals surface area contributed by atoms with Crippen molar-refractivity contribution < 1.29 is 9.59 Å². The molecule has 1 aromatic heterocycles. The number of nitrogens with zero attached hydrogens (tertiary/aromatic N) is 1. The van der Waals surface area contributed by atoms with Gasteiger partial charge in [-0.2, -0.15) is 0 Å². The highest BCUT2D eigenvalue weighted by Crippen LogP contribution is 2.20. The van der Waals surface area contributed by atoms with E-state index >= 15 is 0 Å². The quantitative estimate of drug-likeness (QED) is 0.654. The topological polar surface area (TPSA) is 71.1 Å². The molecule has 0 saturated carbocycles. The molecule has 28 heavy (non-hydrogen) atoms. The minimum atomic E-state index is -0.392. The van der Waals surface area contributed by atoms with Gasteiger partial charge in [0.2, 0.25) is 0 Å². The number of carbonyl (C=O) groups excluding carboxylic acids is 2. The fraction of sp³-hybridized carbons (Fsp3) is 0.136. The Bertz CT molecular complexity index is 1010. The standard InChI is InChI=1S/C22H20ClN3O2/c1-14-12-18(23)8-9-19(14)26-22(28)20-13-17(10-11-24-20)21(27)25-15(2)16-6-4-3-5-7-16/h3-13,15H,1-2H3,(H,25,27)(H,26,28). The van der Waals surface area contributed by atoms with Crippen LogP contribution in [-0.2, 0) is 0 Å². The summed E-state index contributed by atoms with van der Waals surface area (Å²) in [6.07, 6.45) is 1.45. The van der Waals surface area contributed by atoms with E-state index in [2.05, 4.69) is 15.6 Å². The first kappa shape index (κ1) is 19.6. The van der Waals surface area contributed by atoms with Crippen LogP contribution in [0.5, 0.6) is 0 Å². The highest BCUT2D eigenvalue weighted by molar-refractivity contribution is 6.30. The molecule has 0 aliphatic carbocycles. The smallest absolute Gasteiger partial charge is 0.274 e. The Morgan fingerprint density at radius 3 is 2.46 bits per heavy atom. The second kappa shape index (κ2) is 8.67. The first-order valence-corrected chi connectivity index (χ1v) is 9.21. The van der Waals surface area contributed by atoms with Gasteiger partial charge in [-0.15, -0.1) is 0 Å². The highest BCUT2D eigenvalue weighted by Gasteiger charge is 2.15. The van der Waals surface area contributed by atoms with Crippen LogP contribution in [0.15, 0.2) is 66.9 Å². The number of aryl methyl sites for hydroxylation is 1. The van der Waals surface area contributed by atoms with E-state index in [1.54, 1.807) is 24.3 Å². The summed E-state index contributed by atoms with van der Waals surface area (Å²) >= 11 is 5.94. The SMILES string of the molecule is Cc1cc(Cl)ccc1NC(=O)c1cc(C(=O)NC(C)c2ccccc2)ccn1. The van der Waals surface area contributed by atoms with E-state index in [0.717, 1.165) is 11.1 Å². The molecule has 2 aromatic carbocycles. The molecule has 0 bridgehead atoms. The Labute approximate surface area is 168 Å². The molecule has 142 valence electrons. The molecule has 2 N–H and O–H groups in total. The van der Waals surface area contributed by atoms with Crippen LogP contribution in [0, 0.1) is 6.92 Å². The maximum absolute atomic E-state index is 12.6. The van der Waals surface area contributed by atoms with Crippen molar-refractivity contribution in [3.05, 3.63) is 94.3 Å². The number of anilines is 1. The summed E-state index contributed by atoms with van der Waals surface area (Å²) in [6.45, 7) is 3.76. The predicted molar refractivity (Wildman–Crippen MR) is 111 cm³/mol. The van der Waals surface area contributed by atoms with Crippen LogP contribution in [0.3, 0.4) is 0 Å². The number of hydrogen-bond donors (Lipinski definition) is 2. The van der Waals surface area contributed by atoms with Crippen LogP contribution in [0.25, 0.3) is 0 Å². The first-order valence-electron chi connectivity index (χ1n) is 8.83. The van der Waals surface area contributed by atoms with Crippen LogP contribution in [0.4, 0.5) is 5.69 Å². The van der Waals surface area contributed by atoms with E-state index < -0.39 is 5.91 Å². The Morgan fingerprint density at radius 1 is 1.00 bits per heavy atom. The summed E-state index contributed by atoms with van der Waals surface area (Å²) in [6, 6.07) is 17.8. The van der Waals surface area contributed by atoms with Crippen molar-refractivity contribution in [3.63, 3.8) is 0 Å². The molecule has 0 saturated heterocycles. The number of aromatic nitrogens is 1. The predicted octanol–water partition coefficient (Wildman–Crippen LogP) is 4.79. The Hall–Kier alpha value is -3.18. The van der Waals surface area contributed by atoms with Crippen molar-refractivity contribution in [1.29, 1.82) is 0 Å². The summed E-state index contributed by atoms with van der Waals surface area (Å²) < 4.78 is 0. The second-order valence-corrected chi connectivity index (χ2v) is 6.89. The minimum Gasteiger partial charge on any atom is -0.346 e. The Kier molecular flexibility index (Phi) is 6.06. The molecule has 5 nitrogen and oxygen atoms in total. The minimum absolute atomic E-state index is 0.157. The number of rotatable bonds is 5. The van der Waals surface area contributed by atoms with Gasteiger partial charge in [0.25, 0.3) is 11.8 Å². The Morgan fingerprint density at radius 2 is 1.75 bits per heavy atom. The number of hydrogen-bond acceptors (Lipinski definition) is 3. The van der Waals surface area contributed by atoms with Crippen LogP contribution in [-0.4, -0.2) is 16.8 Å². The number of amides is 2. The van der Waals surface area contributed by atoms with Gasteiger partial charge in [-0.3, -0.25) is 14.6 Å². The number of nitrogens with one attached hydrogen (secondary N) is 2. The van der Waals surface area contributed by atoms with Crippen LogP contribution in [0.2, 0.25) is 5.02 Å². The summed E-state index contributed by atoms with van der Waals surface area (Å²) in [5.74, 6) is -0.661.